The first-order valence-electron chi connectivity index (χ1n) is 10.2. The van der Waals surface area contributed by atoms with Gasteiger partial charge in [0.05, 0.1) is 24.6 Å². The van der Waals surface area contributed by atoms with Gasteiger partial charge in [0.2, 0.25) is 4.80 Å². The fourth-order valence-electron chi connectivity index (χ4n) is 3.61. The molecule has 3 aromatic rings. The van der Waals surface area contributed by atoms with Crippen LogP contribution in [-0.4, -0.2) is 30.1 Å². The maximum absolute atomic E-state index is 14.1. The van der Waals surface area contributed by atoms with Gasteiger partial charge in [-0.05, 0) is 62.4 Å². The van der Waals surface area contributed by atoms with Gasteiger partial charge in [0, 0.05) is 23.1 Å². The first kappa shape index (κ1) is 20.7. The molecule has 2 heterocycles. The lowest BCUT2D eigenvalue weighted by atomic mass is 9.99. The summed E-state index contributed by atoms with van der Waals surface area (Å²) >= 11 is 1.55. The van der Waals surface area contributed by atoms with Crippen molar-refractivity contribution >= 4 is 17.6 Å². The summed E-state index contributed by atoms with van der Waals surface area (Å²) in [5, 5.41) is 6.71. The average molecular weight is 424 g/mol. The van der Waals surface area contributed by atoms with Crippen LogP contribution in [0.4, 0.5) is 4.39 Å². The maximum Gasteiger partial charge on any atom is 0.206 e. The van der Waals surface area contributed by atoms with Crippen LogP contribution < -0.4 is 4.80 Å². The third kappa shape index (κ3) is 4.45. The van der Waals surface area contributed by atoms with Gasteiger partial charge in [-0.1, -0.05) is 24.3 Å². The van der Waals surface area contributed by atoms with E-state index in [-0.39, 0.29) is 11.9 Å². The Morgan fingerprint density at radius 2 is 1.97 bits per heavy atom. The van der Waals surface area contributed by atoms with Crippen LogP contribution in [0.15, 0.2) is 51.9 Å². The first-order valence-corrected chi connectivity index (χ1v) is 11.1. The molecule has 0 spiro atoms. The molecule has 0 aliphatic carbocycles. The number of benzene rings is 2. The summed E-state index contributed by atoms with van der Waals surface area (Å²) < 4.78 is 21.7. The number of hydrogen-bond acceptors (Lipinski definition) is 4. The van der Waals surface area contributed by atoms with Crippen molar-refractivity contribution in [1.82, 2.24) is 4.68 Å². The summed E-state index contributed by atoms with van der Waals surface area (Å²) in [6.45, 7) is 7.75. The van der Waals surface area contributed by atoms with Gasteiger partial charge in [-0.25, -0.2) is 9.07 Å². The Hall–Kier alpha value is -2.57. The standard InChI is InChI=1S/C24H26FN3OS/c1-16-11-18(3)21(12-17(16)2)23-15-30-24(26-14-20-8-6-10-29-20)28(23)27-13-19-7-4-5-9-22(19)25/h4-5,7,9,11-13,15,20H,6,8,10,14H2,1-3H3. The number of halogens is 1. The van der Waals surface area contributed by atoms with E-state index in [2.05, 4.69) is 43.4 Å². The monoisotopic (exact) mass is 423 g/mol. The molecule has 0 saturated carbocycles. The number of rotatable bonds is 5. The zero-order valence-electron chi connectivity index (χ0n) is 17.6. The lowest BCUT2D eigenvalue weighted by molar-refractivity contribution is 0.117. The smallest absolute Gasteiger partial charge is 0.206 e. The molecule has 1 aliphatic rings. The largest absolute Gasteiger partial charge is 0.376 e. The number of aromatic nitrogens is 1. The minimum atomic E-state index is -0.293. The molecule has 1 unspecified atom stereocenters. The first-order chi connectivity index (χ1) is 14.5. The van der Waals surface area contributed by atoms with E-state index in [1.807, 2.05) is 4.68 Å². The van der Waals surface area contributed by atoms with Gasteiger partial charge in [0.25, 0.3) is 0 Å². The quantitative estimate of drug-likeness (QED) is 0.517. The Bertz CT molecular complexity index is 1140. The van der Waals surface area contributed by atoms with E-state index < -0.39 is 0 Å². The Labute approximate surface area is 180 Å². The molecule has 0 N–H and O–H groups in total. The van der Waals surface area contributed by atoms with E-state index in [1.54, 1.807) is 35.8 Å². The number of aryl methyl sites for hydroxylation is 3. The van der Waals surface area contributed by atoms with Crippen molar-refractivity contribution in [2.24, 2.45) is 10.1 Å². The minimum Gasteiger partial charge on any atom is -0.376 e. The molecule has 30 heavy (non-hydrogen) atoms. The summed E-state index contributed by atoms with van der Waals surface area (Å²) in [6, 6.07) is 11.0. The number of ether oxygens (including phenoxy) is 1. The molecule has 1 aliphatic heterocycles. The Kier molecular flexibility index (Phi) is 6.25. The molecule has 0 radical (unpaired) electrons. The predicted molar refractivity (Wildman–Crippen MR) is 121 cm³/mol. The number of nitrogens with zero attached hydrogens (tertiary/aromatic N) is 3. The maximum atomic E-state index is 14.1. The van der Waals surface area contributed by atoms with E-state index in [4.69, 9.17) is 9.73 Å². The van der Waals surface area contributed by atoms with Gasteiger partial charge in [-0.3, -0.25) is 4.99 Å². The fourth-order valence-corrected chi connectivity index (χ4v) is 4.45. The van der Waals surface area contributed by atoms with Crippen LogP contribution in [0.3, 0.4) is 0 Å². The highest BCUT2D eigenvalue weighted by Gasteiger charge is 2.16. The van der Waals surface area contributed by atoms with Crippen LogP contribution in [0, 0.1) is 26.6 Å². The molecular weight excluding hydrogens is 397 g/mol. The van der Waals surface area contributed by atoms with Crippen molar-refractivity contribution in [3.8, 4) is 11.3 Å². The summed E-state index contributed by atoms with van der Waals surface area (Å²) in [5.41, 5.74) is 6.18. The normalized spacial score (nSPS) is 17.3. The third-order valence-corrected chi connectivity index (χ3v) is 6.33. The van der Waals surface area contributed by atoms with Crippen molar-refractivity contribution < 1.29 is 9.13 Å². The lowest BCUT2D eigenvalue weighted by Crippen LogP contribution is -2.17. The van der Waals surface area contributed by atoms with Crippen molar-refractivity contribution in [2.75, 3.05) is 13.2 Å². The molecule has 6 heteroatoms. The Morgan fingerprint density at radius 1 is 1.17 bits per heavy atom. The van der Waals surface area contributed by atoms with Gasteiger partial charge in [0.15, 0.2) is 0 Å². The van der Waals surface area contributed by atoms with Crippen LogP contribution in [0.2, 0.25) is 0 Å². The van der Waals surface area contributed by atoms with E-state index in [1.165, 1.54) is 22.8 Å². The molecular formula is C24H26FN3OS. The number of hydrogen-bond donors (Lipinski definition) is 0. The summed E-state index contributed by atoms with van der Waals surface area (Å²) in [6.07, 6.45) is 3.86. The summed E-state index contributed by atoms with van der Waals surface area (Å²) in [4.78, 5) is 5.57. The third-order valence-electron chi connectivity index (χ3n) is 5.47. The van der Waals surface area contributed by atoms with Gasteiger partial charge in [0.1, 0.15) is 5.82 Å². The van der Waals surface area contributed by atoms with Gasteiger partial charge >= 0.3 is 0 Å². The molecule has 4 nitrogen and oxygen atoms in total. The topological polar surface area (TPSA) is 38.9 Å². The van der Waals surface area contributed by atoms with Crippen LogP contribution in [0.5, 0.6) is 0 Å². The molecule has 156 valence electrons. The van der Waals surface area contributed by atoms with Crippen LogP contribution >= 0.6 is 11.3 Å². The molecule has 1 atom stereocenters. The van der Waals surface area contributed by atoms with Crippen LogP contribution in [-0.2, 0) is 4.74 Å². The van der Waals surface area contributed by atoms with Gasteiger partial charge in [-0.15, -0.1) is 11.3 Å². The van der Waals surface area contributed by atoms with Crippen molar-refractivity contribution in [2.45, 2.75) is 39.7 Å². The average Bonchev–Trinajstić information content (AvgIpc) is 3.38. The minimum absolute atomic E-state index is 0.169. The second kappa shape index (κ2) is 9.06. The Morgan fingerprint density at radius 3 is 2.73 bits per heavy atom. The SMILES string of the molecule is Cc1cc(C)c(-c2csc(=NCC3CCCO3)n2N=Cc2ccccc2F)cc1C. The molecule has 2 aromatic carbocycles. The molecule has 1 aromatic heterocycles. The van der Waals surface area contributed by atoms with Gasteiger partial charge in [-0.2, -0.15) is 5.10 Å². The van der Waals surface area contributed by atoms with Crippen molar-refractivity contribution in [1.29, 1.82) is 0 Å². The second-order valence-corrected chi connectivity index (χ2v) is 8.55. The molecule has 4 rings (SSSR count). The molecule has 0 bridgehead atoms. The highest BCUT2D eigenvalue weighted by molar-refractivity contribution is 7.07. The predicted octanol–water partition coefficient (Wildman–Crippen LogP) is 5.24. The van der Waals surface area contributed by atoms with Crippen LogP contribution in [0.1, 0.15) is 35.1 Å². The Balaban J connectivity index is 1.79. The van der Waals surface area contributed by atoms with Gasteiger partial charge < -0.3 is 4.74 Å². The van der Waals surface area contributed by atoms with Crippen molar-refractivity contribution in [3.05, 3.63) is 74.7 Å². The zero-order valence-corrected chi connectivity index (χ0v) is 18.4. The summed E-state index contributed by atoms with van der Waals surface area (Å²) in [7, 11) is 0. The van der Waals surface area contributed by atoms with Crippen LogP contribution in [0.25, 0.3) is 11.3 Å². The molecule has 1 fully saturated rings. The van der Waals surface area contributed by atoms with E-state index >= 15 is 0 Å². The van der Waals surface area contributed by atoms with E-state index in [9.17, 15) is 4.39 Å². The zero-order chi connectivity index (χ0) is 21.1. The van der Waals surface area contributed by atoms with E-state index in [0.29, 0.717) is 12.1 Å². The molecule has 0 amide bonds. The highest BCUT2D eigenvalue weighted by atomic mass is 32.1. The lowest BCUT2D eigenvalue weighted by Gasteiger charge is -2.11. The summed E-state index contributed by atoms with van der Waals surface area (Å²) in [5.74, 6) is -0.293. The van der Waals surface area contributed by atoms with Crippen molar-refractivity contribution in [3.63, 3.8) is 0 Å². The molecule has 1 saturated heterocycles. The fraction of sp³-hybridized carbons (Fsp3) is 0.333. The second-order valence-electron chi connectivity index (χ2n) is 7.71. The number of thiazole rings is 1. The highest BCUT2D eigenvalue weighted by Crippen LogP contribution is 2.27. The van der Waals surface area contributed by atoms with E-state index in [0.717, 1.165) is 35.5 Å².